The number of benzene rings is 1. The average molecular weight is 397 g/mol. The Morgan fingerprint density at radius 1 is 1.31 bits per heavy atom. The molecular formula is C18H24N2O4S2. The summed E-state index contributed by atoms with van der Waals surface area (Å²) in [6.45, 7) is 7.43. The van der Waals surface area contributed by atoms with Crippen LogP contribution in [0.1, 0.15) is 44.7 Å². The number of rotatable bonds is 8. The van der Waals surface area contributed by atoms with Gasteiger partial charge >= 0.3 is 5.97 Å². The fourth-order valence-electron chi connectivity index (χ4n) is 2.64. The predicted molar refractivity (Wildman–Crippen MR) is 103 cm³/mol. The Hall–Kier alpha value is -1.93. The van der Waals surface area contributed by atoms with Crippen molar-refractivity contribution in [1.29, 1.82) is 0 Å². The molecule has 0 fully saturated rings. The number of sulfone groups is 1. The predicted octanol–water partition coefficient (Wildman–Crippen LogP) is 3.95. The lowest BCUT2D eigenvalue weighted by Crippen LogP contribution is -2.18. The molecular weight excluding hydrogens is 372 g/mol. The topological polar surface area (TPSA) is 85.4 Å². The number of anilines is 1. The van der Waals surface area contributed by atoms with Crippen LogP contribution in [-0.2, 0) is 21.2 Å². The number of hydrogen-bond donors (Lipinski definition) is 1. The number of aromatic nitrogens is 1. The smallest absolute Gasteiger partial charge is 0.308 e. The van der Waals surface area contributed by atoms with Crippen molar-refractivity contribution in [3.8, 4) is 5.75 Å². The molecule has 0 aliphatic carbocycles. The third-order valence-electron chi connectivity index (χ3n) is 4.01. The van der Waals surface area contributed by atoms with E-state index in [0.29, 0.717) is 30.3 Å². The highest BCUT2D eigenvalue weighted by Gasteiger charge is 2.26. The number of hydrogen-bond acceptors (Lipinski definition) is 7. The van der Waals surface area contributed by atoms with Gasteiger partial charge in [0, 0.05) is 19.0 Å². The summed E-state index contributed by atoms with van der Waals surface area (Å²) in [7, 11) is -3.35. The van der Waals surface area contributed by atoms with E-state index >= 15 is 0 Å². The summed E-state index contributed by atoms with van der Waals surface area (Å²) in [6.07, 6.45) is 2.56. The molecule has 1 N–H and O–H groups in total. The van der Waals surface area contributed by atoms with Gasteiger partial charge in [0.2, 0.25) is 0 Å². The molecule has 0 saturated heterocycles. The highest BCUT2D eigenvalue weighted by molar-refractivity contribution is 7.94. The first-order valence-electron chi connectivity index (χ1n) is 8.49. The van der Waals surface area contributed by atoms with Crippen LogP contribution in [0.4, 0.5) is 5.13 Å². The molecule has 1 heterocycles. The largest absolute Gasteiger partial charge is 0.426 e. The van der Waals surface area contributed by atoms with Crippen LogP contribution >= 0.6 is 11.3 Å². The summed E-state index contributed by atoms with van der Waals surface area (Å²) in [5.41, 5.74) is 1.84. The fourth-order valence-corrected chi connectivity index (χ4v) is 5.70. The zero-order valence-electron chi connectivity index (χ0n) is 15.4. The van der Waals surface area contributed by atoms with Gasteiger partial charge in [0.1, 0.15) is 9.96 Å². The van der Waals surface area contributed by atoms with Crippen LogP contribution < -0.4 is 10.1 Å². The second-order valence-corrected chi connectivity index (χ2v) is 9.51. The maximum absolute atomic E-state index is 12.6. The Bertz CT molecular complexity index is 871. The number of carbonyl (C=O) groups excluding carboxylic acids is 1. The van der Waals surface area contributed by atoms with Gasteiger partial charge in [0.05, 0.1) is 11.4 Å². The summed E-state index contributed by atoms with van der Waals surface area (Å²) in [4.78, 5) is 15.4. The highest BCUT2D eigenvalue weighted by atomic mass is 32.2. The van der Waals surface area contributed by atoms with E-state index in [-0.39, 0.29) is 15.4 Å². The molecule has 2 rings (SSSR count). The molecule has 1 aromatic heterocycles. The van der Waals surface area contributed by atoms with Crippen LogP contribution in [-0.4, -0.2) is 24.6 Å². The van der Waals surface area contributed by atoms with Gasteiger partial charge in [-0.2, -0.15) is 0 Å². The molecule has 142 valence electrons. The fraction of sp³-hybridized carbons (Fsp3) is 0.444. The van der Waals surface area contributed by atoms with E-state index in [1.54, 1.807) is 6.07 Å². The molecule has 0 bridgehead atoms. The Balaban J connectivity index is 2.16. The van der Waals surface area contributed by atoms with E-state index in [0.717, 1.165) is 22.5 Å². The van der Waals surface area contributed by atoms with E-state index in [4.69, 9.17) is 4.74 Å². The molecule has 26 heavy (non-hydrogen) atoms. The zero-order chi connectivity index (χ0) is 19.3. The minimum absolute atomic E-state index is 0.276. The first-order chi connectivity index (χ1) is 12.3. The van der Waals surface area contributed by atoms with Crippen molar-refractivity contribution in [3.05, 3.63) is 35.5 Å². The third kappa shape index (κ3) is 4.82. The Morgan fingerprint density at radius 2 is 2.00 bits per heavy atom. The summed E-state index contributed by atoms with van der Waals surface area (Å²) < 4.78 is 30.7. The lowest BCUT2D eigenvalue weighted by atomic mass is 10.1. The van der Waals surface area contributed by atoms with Crippen molar-refractivity contribution in [1.82, 2.24) is 4.98 Å². The quantitative estimate of drug-likeness (QED) is 0.537. The molecule has 0 radical (unpaired) electrons. The Kier molecular flexibility index (Phi) is 6.77. The SMILES string of the molecule is CCC(CC)S(=O)(=O)c1cnc(NCc2cc(C)ccc2OC(C)=O)s1. The van der Waals surface area contributed by atoms with Crippen molar-refractivity contribution < 1.29 is 17.9 Å². The van der Waals surface area contributed by atoms with Crippen LogP contribution in [0, 0.1) is 6.92 Å². The number of thiazole rings is 1. The van der Waals surface area contributed by atoms with E-state index in [2.05, 4.69) is 10.3 Å². The van der Waals surface area contributed by atoms with Crippen molar-refractivity contribution in [3.63, 3.8) is 0 Å². The average Bonchev–Trinajstić information content (AvgIpc) is 3.05. The summed E-state index contributed by atoms with van der Waals surface area (Å²) >= 11 is 1.12. The van der Waals surface area contributed by atoms with E-state index in [1.165, 1.54) is 13.1 Å². The van der Waals surface area contributed by atoms with Crippen LogP contribution in [0.5, 0.6) is 5.75 Å². The maximum Gasteiger partial charge on any atom is 0.308 e. The molecule has 8 heteroatoms. The minimum Gasteiger partial charge on any atom is -0.426 e. The molecule has 1 aromatic carbocycles. The van der Waals surface area contributed by atoms with E-state index < -0.39 is 9.84 Å². The number of nitrogens with zero attached hydrogens (tertiary/aromatic N) is 1. The first-order valence-corrected chi connectivity index (χ1v) is 10.9. The first kappa shape index (κ1) is 20.4. The molecule has 2 aromatic rings. The molecule has 0 atom stereocenters. The molecule has 6 nitrogen and oxygen atoms in total. The van der Waals surface area contributed by atoms with Crippen molar-refractivity contribution >= 4 is 32.3 Å². The van der Waals surface area contributed by atoms with E-state index in [1.807, 2.05) is 32.9 Å². The highest BCUT2D eigenvalue weighted by Crippen LogP contribution is 2.29. The third-order valence-corrected chi connectivity index (χ3v) is 7.92. The molecule has 0 aliphatic heterocycles. The second kappa shape index (κ2) is 8.64. The number of nitrogens with one attached hydrogen (secondary N) is 1. The second-order valence-electron chi connectivity index (χ2n) is 6.03. The molecule has 0 aliphatic rings. The van der Waals surface area contributed by atoms with Crippen LogP contribution in [0.25, 0.3) is 0 Å². The lowest BCUT2D eigenvalue weighted by molar-refractivity contribution is -0.131. The molecule has 0 saturated carbocycles. The van der Waals surface area contributed by atoms with Gasteiger partial charge in [-0.25, -0.2) is 13.4 Å². The monoisotopic (exact) mass is 396 g/mol. The van der Waals surface area contributed by atoms with Gasteiger partial charge in [-0.05, 0) is 25.8 Å². The summed E-state index contributed by atoms with van der Waals surface area (Å²) in [5, 5.41) is 3.25. The summed E-state index contributed by atoms with van der Waals surface area (Å²) in [6, 6.07) is 5.53. The van der Waals surface area contributed by atoms with Gasteiger partial charge in [0.25, 0.3) is 0 Å². The van der Waals surface area contributed by atoms with E-state index in [9.17, 15) is 13.2 Å². The number of ether oxygens (including phenoxy) is 1. The maximum atomic E-state index is 12.6. The zero-order valence-corrected chi connectivity index (χ0v) is 17.0. The Morgan fingerprint density at radius 3 is 2.62 bits per heavy atom. The van der Waals surface area contributed by atoms with Gasteiger partial charge in [0.15, 0.2) is 15.0 Å². The van der Waals surface area contributed by atoms with Gasteiger partial charge in [-0.3, -0.25) is 4.79 Å². The normalized spacial score (nSPS) is 11.6. The van der Waals surface area contributed by atoms with Gasteiger partial charge in [-0.1, -0.05) is 42.9 Å². The Labute approximate surface area is 158 Å². The number of carbonyl (C=O) groups is 1. The van der Waals surface area contributed by atoms with Crippen molar-refractivity contribution in [2.45, 2.75) is 56.5 Å². The number of aryl methyl sites for hydroxylation is 1. The van der Waals surface area contributed by atoms with Crippen LogP contribution in [0.3, 0.4) is 0 Å². The minimum atomic E-state index is -3.35. The van der Waals surface area contributed by atoms with Crippen LogP contribution in [0.2, 0.25) is 0 Å². The van der Waals surface area contributed by atoms with Gasteiger partial charge in [-0.15, -0.1) is 0 Å². The molecule has 0 unspecified atom stereocenters. The molecule has 0 amide bonds. The summed E-state index contributed by atoms with van der Waals surface area (Å²) in [5.74, 6) is 0.0972. The van der Waals surface area contributed by atoms with Gasteiger partial charge < -0.3 is 10.1 Å². The van der Waals surface area contributed by atoms with Crippen molar-refractivity contribution in [2.24, 2.45) is 0 Å². The van der Waals surface area contributed by atoms with Crippen molar-refractivity contribution in [2.75, 3.05) is 5.32 Å². The molecule has 0 spiro atoms. The number of esters is 1. The standard InChI is InChI=1S/C18H24N2O4S2/c1-5-15(6-2)26(22,23)17-11-20-18(25-17)19-10-14-9-12(3)7-8-16(14)24-13(4)21/h7-9,11,15H,5-6,10H2,1-4H3,(H,19,20). The van der Waals surface area contributed by atoms with Crippen LogP contribution in [0.15, 0.2) is 28.6 Å². The lowest BCUT2D eigenvalue weighted by Gasteiger charge is -2.11.